The van der Waals surface area contributed by atoms with Crippen LogP contribution >= 0.6 is 0 Å². The van der Waals surface area contributed by atoms with Crippen molar-refractivity contribution < 1.29 is 17.9 Å². The molecule has 0 unspecified atom stereocenters. The molecular weight excluding hydrogens is 394 g/mol. The molecule has 0 aliphatic rings. The van der Waals surface area contributed by atoms with Crippen LogP contribution in [0.25, 0.3) is 11.3 Å². The van der Waals surface area contributed by atoms with Crippen molar-refractivity contribution >= 4 is 15.9 Å². The van der Waals surface area contributed by atoms with Crippen molar-refractivity contribution in [3.05, 3.63) is 60.0 Å². The van der Waals surface area contributed by atoms with Crippen LogP contribution in [-0.2, 0) is 16.6 Å². The molecule has 0 atom stereocenters. The van der Waals surface area contributed by atoms with Crippen molar-refractivity contribution in [2.24, 2.45) is 0 Å². The second-order valence-corrected chi connectivity index (χ2v) is 8.44. The number of sulfonamides is 1. The van der Waals surface area contributed by atoms with Crippen LogP contribution in [0.5, 0.6) is 5.75 Å². The van der Waals surface area contributed by atoms with Crippen molar-refractivity contribution in [1.29, 1.82) is 0 Å². The molecule has 0 bridgehead atoms. The first kappa shape index (κ1) is 20.5. The molecule has 29 heavy (non-hydrogen) atoms. The van der Waals surface area contributed by atoms with Crippen LogP contribution in [0.4, 0.5) is 0 Å². The highest BCUT2D eigenvalue weighted by Gasteiger charge is 2.23. The van der Waals surface area contributed by atoms with Gasteiger partial charge in [-0.2, -0.15) is 5.10 Å². The smallest absolute Gasteiger partial charge is 0.269 e. The summed E-state index contributed by atoms with van der Waals surface area (Å²) in [6, 6.07) is 11.7. The Bertz CT molecular complexity index is 1110. The number of hydrogen-bond donors (Lipinski definition) is 2. The van der Waals surface area contributed by atoms with Gasteiger partial charge in [0.2, 0.25) is 10.0 Å². The van der Waals surface area contributed by atoms with Crippen LogP contribution in [0.15, 0.2) is 53.6 Å². The summed E-state index contributed by atoms with van der Waals surface area (Å²) in [6.07, 6.45) is 1.65. The Morgan fingerprint density at radius 2 is 2.00 bits per heavy atom. The topological polar surface area (TPSA) is 117 Å². The van der Waals surface area contributed by atoms with Crippen LogP contribution in [0.3, 0.4) is 0 Å². The maximum atomic E-state index is 12.6. The maximum Gasteiger partial charge on any atom is 0.269 e. The molecule has 0 aliphatic heterocycles. The highest BCUT2D eigenvalue weighted by atomic mass is 32.2. The Labute approximate surface area is 168 Å². The monoisotopic (exact) mass is 415 g/mol. The Kier molecular flexibility index (Phi) is 5.95. The quantitative estimate of drug-likeness (QED) is 0.606. The van der Waals surface area contributed by atoms with E-state index < -0.39 is 10.0 Å². The summed E-state index contributed by atoms with van der Waals surface area (Å²) in [7, 11) is 0.579. The van der Waals surface area contributed by atoms with E-state index in [4.69, 9.17) is 4.74 Å². The number of nitrogens with zero attached hydrogens (tertiary/aromatic N) is 3. The van der Waals surface area contributed by atoms with Gasteiger partial charge in [-0.25, -0.2) is 12.7 Å². The number of benzene rings is 1. The van der Waals surface area contributed by atoms with E-state index in [2.05, 4.69) is 20.5 Å². The Hall–Kier alpha value is -3.24. The van der Waals surface area contributed by atoms with Crippen molar-refractivity contribution in [2.45, 2.75) is 11.4 Å². The van der Waals surface area contributed by atoms with Gasteiger partial charge >= 0.3 is 0 Å². The van der Waals surface area contributed by atoms with Crippen molar-refractivity contribution in [3.63, 3.8) is 0 Å². The first-order valence-electron chi connectivity index (χ1n) is 8.67. The van der Waals surface area contributed by atoms with Crippen molar-refractivity contribution in [3.8, 4) is 17.0 Å². The zero-order valence-corrected chi connectivity index (χ0v) is 17.0. The fourth-order valence-electron chi connectivity index (χ4n) is 2.59. The molecule has 9 nitrogen and oxygen atoms in total. The lowest BCUT2D eigenvalue weighted by molar-refractivity contribution is 0.0945. The number of H-pyrrole nitrogens is 1. The van der Waals surface area contributed by atoms with Crippen LogP contribution in [0.2, 0.25) is 0 Å². The third kappa shape index (κ3) is 4.44. The molecule has 0 saturated carbocycles. The number of pyridine rings is 1. The Morgan fingerprint density at radius 3 is 2.66 bits per heavy atom. The Balaban J connectivity index is 1.84. The number of carbonyl (C=O) groups excluding carboxylic acids is 1. The van der Waals surface area contributed by atoms with Crippen molar-refractivity contribution in [2.75, 3.05) is 21.2 Å². The average molecular weight is 415 g/mol. The molecule has 1 aromatic carbocycles. The second kappa shape index (κ2) is 8.41. The molecule has 0 aliphatic carbocycles. The summed E-state index contributed by atoms with van der Waals surface area (Å²) in [5.74, 6) is -0.115. The standard InChI is InChI=1S/C19H21N5O4S/c1-24(2)29(26,27)18-10-13(7-8-17(18)28-3)15-11-16(23-22-15)19(25)21-12-14-6-4-5-9-20-14/h4-11H,12H2,1-3H3,(H,21,25)(H,22,23). The first-order chi connectivity index (χ1) is 13.8. The number of amides is 1. The number of rotatable bonds is 7. The second-order valence-electron chi connectivity index (χ2n) is 6.32. The summed E-state index contributed by atoms with van der Waals surface area (Å²) in [4.78, 5) is 16.5. The molecule has 152 valence electrons. The van der Waals surface area contributed by atoms with Gasteiger partial charge in [-0.05, 0) is 36.4 Å². The molecule has 3 rings (SSSR count). The van der Waals surface area contributed by atoms with Crippen LogP contribution in [0.1, 0.15) is 16.2 Å². The predicted octanol–water partition coefficient (Wildman–Crippen LogP) is 1.66. The molecule has 2 heterocycles. The zero-order valence-electron chi connectivity index (χ0n) is 16.2. The molecule has 3 aromatic rings. The highest BCUT2D eigenvalue weighted by molar-refractivity contribution is 7.89. The van der Waals surface area contributed by atoms with Gasteiger partial charge < -0.3 is 10.1 Å². The number of carbonyl (C=O) groups is 1. The fourth-order valence-corrected chi connectivity index (χ4v) is 3.66. The molecule has 0 fully saturated rings. The van der Waals surface area contributed by atoms with Gasteiger partial charge in [0.1, 0.15) is 16.3 Å². The molecule has 0 radical (unpaired) electrons. The lowest BCUT2D eigenvalue weighted by Gasteiger charge is -2.15. The van der Waals surface area contributed by atoms with Crippen LogP contribution < -0.4 is 10.1 Å². The first-order valence-corrected chi connectivity index (χ1v) is 10.1. The van der Waals surface area contributed by atoms with Gasteiger partial charge in [0.25, 0.3) is 5.91 Å². The van der Waals surface area contributed by atoms with E-state index in [1.165, 1.54) is 27.3 Å². The molecule has 0 saturated heterocycles. The number of aromatic amines is 1. The van der Waals surface area contributed by atoms with Gasteiger partial charge in [0, 0.05) is 25.9 Å². The van der Waals surface area contributed by atoms with Crippen LogP contribution in [0, 0.1) is 0 Å². The molecule has 2 aromatic heterocycles. The normalized spacial score (nSPS) is 11.4. The minimum atomic E-state index is -3.71. The van der Waals surface area contributed by atoms with Gasteiger partial charge in [0.15, 0.2) is 0 Å². The van der Waals surface area contributed by atoms with Gasteiger partial charge in [0.05, 0.1) is 25.0 Å². The van der Waals surface area contributed by atoms with Gasteiger partial charge in [-0.3, -0.25) is 14.9 Å². The predicted molar refractivity (Wildman–Crippen MR) is 107 cm³/mol. The van der Waals surface area contributed by atoms with E-state index in [0.29, 0.717) is 11.3 Å². The molecule has 1 amide bonds. The number of hydrogen-bond acceptors (Lipinski definition) is 6. The number of ether oxygens (including phenoxy) is 1. The molecule has 10 heteroatoms. The van der Waals surface area contributed by atoms with E-state index in [1.54, 1.807) is 30.5 Å². The van der Waals surface area contributed by atoms with E-state index in [-0.39, 0.29) is 28.8 Å². The Morgan fingerprint density at radius 1 is 1.21 bits per heavy atom. The summed E-state index contributed by atoms with van der Waals surface area (Å²) in [5.41, 5.74) is 1.95. The SMILES string of the molecule is COc1ccc(-c2cc(C(=O)NCc3ccccn3)[nH]n2)cc1S(=O)(=O)N(C)C. The molecule has 0 spiro atoms. The summed E-state index contributed by atoms with van der Waals surface area (Å²) in [5, 5.41) is 9.57. The van der Waals surface area contributed by atoms with Gasteiger partial charge in [-0.1, -0.05) is 6.07 Å². The third-order valence-corrected chi connectivity index (χ3v) is 6.03. The average Bonchev–Trinajstić information content (AvgIpc) is 3.22. The van der Waals surface area contributed by atoms with Gasteiger partial charge in [-0.15, -0.1) is 0 Å². The highest BCUT2D eigenvalue weighted by Crippen LogP contribution is 2.30. The zero-order chi connectivity index (χ0) is 21.0. The van der Waals surface area contributed by atoms with E-state index in [0.717, 1.165) is 10.00 Å². The number of methoxy groups -OCH3 is 1. The number of nitrogens with one attached hydrogen (secondary N) is 2. The van der Waals surface area contributed by atoms with Crippen LogP contribution in [-0.4, -0.2) is 55.0 Å². The lowest BCUT2D eigenvalue weighted by atomic mass is 10.1. The summed E-state index contributed by atoms with van der Waals surface area (Å²) >= 11 is 0. The maximum absolute atomic E-state index is 12.6. The number of aromatic nitrogens is 3. The van der Waals surface area contributed by atoms with E-state index >= 15 is 0 Å². The molecule has 2 N–H and O–H groups in total. The van der Waals surface area contributed by atoms with E-state index in [9.17, 15) is 13.2 Å². The minimum absolute atomic E-state index is 0.0200. The largest absolute Gasteiger partial charge is 0.495 e. The lowest BCUT2D eigenvalue weighted by Crippen LogP contribution is -2.23. The van der Waals surface area contributed by atoms with Crippen molar-refractivity contribution in [1.82, 2.24) is 24.8 Å². The fraction of sp³-hybridized carbons (Fsp3) is 0.211. The summed E-state index contributed by atoms with van der Waals surface area (Å²) in [6.45, 7) is 0.280. The molecular formula is C19H21N5O4S. The third-order valence-electron chi connectivity index (χ3n) is 4.20. The van der Waals surface area contributed by atoms with E-state index in [1.807, 2.05) is 12.1 Å². The minimum Gasteiger partial charge on any atom is -0.495 e. The summed E-state index contributed by atoms with van der Waals surface area (Å²) < 4.78 is 31.4.